The van der Waals surface area contributed by atoms with E-state index in [1.54, 1.807) is 18.5 Å². The van der Waals surface area contributed by atoms with Crippen LogP contribution in [0.2, 0.25) is 0 Å². The summed E-state index contributed by atoms with van der Waals surface area (Å²) in [5.74, 6) is 0.776. The first kappa shape index (κ1) is 17.9. The molecule has 0 fully saturated rings. The number of anilines is 1. The van der Waals surface area contributed by atoms with Gasteiger partial charge in [0, 0.05) is 42.2 Å². The molecule has 2 aromatic heterocycles. The molecule has 0 saturated carbocycles. The van der Waals surface area contributed by atoms with Gasteiger partial charge in [0.25, 0.3) is 0 Å². The third kappa shape index (κ3) is 3.99. The van der Waals surface area contributed by atoms with Crippen LogP contribution in [0.15, 0.2) is 58.6 Å². The fraction of sp³-hybridized carbons (Fsp3) is 0.158. The lowest BCUT2D eigenvalue weighted by molar-refractivity contribution is 0.941. The first-order chi connectivity index (χ1) is 12.6. The van der Waals surface area contributed by atoms with E-state index in [2.05, 4.69) is 21.3 Å². The third-order valence-electron chi connectivity index (χ3n) is 3.75. The molecule has 3 rings (SSSR count). The molecular weight excluding hydrogens is 344 g/mol. The van der Waals surface area contributed by atoms with Gasteiger partial charge in [-0.2, -0.15) is 10.4 Å². The highest BCUT2D eigenvalue weighted by Crippen LogP contribution is 2.36. The first-order valence-corrected chi connectivity index (χ1v) is 8.80. The quantitative estimate of drug-likeness (QED) is 0.745. The first-order valence-electron chi connectivity index (χ1n) is 7.98. The van der Waals surface area contributed by atoms with Crippen molar-refractivity contribution in [2.24, 2.45) is 5.73 Å². The lowest BCUT2D eigenvalue weighted by Gasteiger charge is -2.13. The molecule has 7 heteroatoms. The Kier molecular flexibility index (Phi) is 5.46. The molecule has 0 spiro atoms. The molecule has 2 heterocycles. The van der Waals surface area contributed by atoms with E-state index in [9.17, 15) is 5.26 Å². The van der Waals surface area contributed by atoms with Gasteiger partial charge < -0.3 is 10.6 Å². The lowest BCUT2D eigenvalue weighted by atomic mass is 10.1. The van der Waals surface area contributed by atoms with Crippen LogP contribution in [0.3, 0.4) is 0 Å². The number of hydrogen-bond donors (Lipinski definition) is 1. The van der Waals surface area contributed by atoms with E-state index in [1.165, 1.54) is 11.8 Å². The monoisotopic (exact) mass is 362 g/mol. The maximum absolute atomic E-state index is 9.26. The molecule has 3 aromatic rings. The maximum Gasteiger partial charge on any atom is 0.151 e. The summed E-state index contributed by atoms with van der Waals surface area (Å²) in [7, 11) is 3.84. The maximum atomic E-state index is 9.26. The van der Waals surface area contributed by atoms with Crippen LogP contribution in [0, 0.1) is 11.3 Å². The van der Waals surface area contributed by atoms with Crippen LogP contribution >= 0.6 is 11.8 Å². The smallest absolute Gasteiger partial charge is 0.151 e. The van der Waals surface area contributed by atoms with E-state index in [0.717, 1.165) is 32.4 Å². The Morgan fingerprint density at radius 1 is 1.15 bits per heavy atom. The minimum absolute atomic E-state index is 0.457. The molecule has 2 N–H and O–H groups in total. The molecule has 0 atom stereocenters. The summed E-state index contributed by atoms with van der Waals surface area (Å²) < 4.78 is 0. The van der Waals surface area contributed by atoms with Crippen LogP contribution in [0.25, 0.3) is 11.3 Å². The van der Waals surface area contributed by atoms with Crippen LogP contribution in [0.4, 0.5) is 5.82 Å². The van der Waals surface area contributed by atoms with Gasteiger partial charge in [0.15, 0.2) is 5.82 Å². The van der Waals surface area contributed by atoms with Crippen molar-refractivity contribution >= 4 is 17.6 Å². The predicted molar refractivity (Wildman–Crippen MR) is 103 cm³/mol. The van der Waals surface area contributed by atoms with Gasteiger partial charge in [-0.3, -0.25) is 4.98 Å². The number of hydrogen-bond acceptors (Lipinski definition) is 7. The second-order valence-corrected chi connectivity index (χ2v) is 6.94. The Morgan fingerprint density at radius 3 is 2.65 bits per heavy atom. The Hall–Kier alpha value is -2.95. The summed E-state index contributed by atoms with van der Waals surface area (Å²) in [6, 6.07) is 13.7. The Morgan fingerprint density at radius 2 is 2.00 bits per heavy atom. The standard InChI is InChI=1S/C19H18N6S/c1-25(2)19-8-15(12-23-24-19)26-18-7-13(9-20)3-5-16(18)17-6-4-14(10-21)11-22-17/h3-8,11-12H,10,21H2,1-2H3. The summed E-state index contributed by atoms with van der Waals surface area (Å²) in [6.45, 7) is 0.457. The molecule has 0 unspecified atom stereocenters. The van der Waals surface area contributed by atoms with Crippen molar-refractivity contribution in [2.75, 3.05) is 19.0 Å². The number of aromatic nitrogens is 3. The van der Waals surface area contributed by atoms with Crippen molar-refractivity contribution in [3.63, 3.8) is 0 Å². The van der Waals surface area contributed by atoms with E-state index in [-0.39, 0.29) is 0 Å². The van der Waals surface area contributed by atoms with Crippen molar-refractivity contribution in [3.05, 3.63) is 59.9 Å². The molecule has 1 aromatic carbocycles. The summed E-state index contributed by atoms with van der Waals surface area (Å²) >= 11 is 1.54. The van der Waals surface area contributed by atoms with E-state index in [4.69, 9.17) is 5.73 Å². The van der Waals surface area contributed by atoms with Crippen LogP contribution < -0.4 is 10.6 Å². The van der Waals surface area contributed by atoms with Crippen molar-refractivity contribution < 1.29 is 0 Å². The summed E-state index contributed by atoms with van der Waals surface area (Å²) in [5, 5.41) is 17.4. The fourth-order valence-electron chi connectivity index (χ4n) is 2.33. The molecule has 0 aliphatic rings. The number of rotatable bonds is 5. The number of nitrogens with two attached hydrogens (primary N) is 1. The summed E-state index contributed by atoms with van der Waals surface area (Å²) in [5.41, 5.74) is 9.03. The molecule has 0 amide bonds. The Bertz CT molecular complexity index is 947. The van der Waals surface area contributed by atoms with Gasteiger partial charge >= 0.3 is 0 Å². The fourth-order valence-corrected chi connectivity index (χ4v) is 3.32. The van der Waals surface area contributed by atoms with Crippen LogP contribution in [0.1, 0.15) is 11.1 Å². The molecule has 0 aliphatic heterocycles. The van der Waals surface area contributed by atoms with Gasteiger partial charge in [0.2, 0.25) is 0 Å². The SMILES string of the molecule is CN(C)c1cc(Sc2cc(C#N)ccc2-c2ccc(CN)cn2)cnn1. The Balaban J connectivity index is 2.01. The van der Waals surface area contributed by atoms with Gasteiger partial charge in [-0.1, -0.05) is 23.9 Å². The topological polar surface area (TPSA) is 91.7 Å². The average molecular weight is 362 g/mol. The van der Waals surface area contributed by atoms with Gasteiger partial charge in [0.1, 0.15) is 0 Å². The molecule has 6 nitrogen and oxygen atoms in total. The zero-order valence-electron chi connectivity index (χ0n) is 14.5. The van der Waals surface area contributed by atoms with Crippen molar-refractivity contribution in [3.8, 4) is 17.3 Å². The number of pyridine rings is 1. The summed E-state index contributed by atoms with van der Waals surface area (Å²) in [6.07, 6.45) is 3.49. The predicted octanol–water partition coefficient (Wildman–Crippen LogP) is 3.09. The highest BCUT2D eigenvalue weighted by atomic mass is 32.2. The van der Waals surface area contributed by atoms with Crippen LogP contribution in [-0.4, -0.2) is 29.3 Å². The van der Waals surface area contributed by atoms with E-state index in [1.807, 2.05) is 49.3 Å². The normalized spacial score (nSPS) is 10.4. The minimum Gasteiger partial charge on any atom is -0.361 e. The van der Waals surface area contributed by atoms with E-state index < -0.39 is 0 Å². The molecule has 0 radical (unpaired) electrons. The largest absolute Gasteiger partial charge is 0.361 e. The number of benzene rings is 1. The van der Waals surface area contributed by atoms with Crippen LogP contribution in [0.5, 0.6) is 0 Å². The highest BCUT2D eigenvalue weighted by Gasteiger charge is 2.11. The van der Waals surface area contributed by atoms with Gasteiger partial charge in [-0.05, 0) is 29.8 Å². The molecule has 0 bridgehead atoms. The van der Waals surface area contributed by atoms with Crippen molar-refractivity contribution in [1.82, 2.24) is 15.2 Å². The van der Waals surface area contributed by atoms with Gasteiger partial charge in [0.05, 0.1) is 23.5 Å². The number of nitriles is 1. The average Bonchev–Trinajstić information content (AvgIpc) is 2.68. The molecule has 0 aliphatic carbocycles. The minimum atomic E-state index is 0.457. The van der Waals surface area contributed by atoms with Gasteiger partial charge in [-0.25, -0.2) is 0 Å². The summed E-state index contributed by atoms with van der Waals surface area (Å²) in [4.78, 5) is 8.29. The number of nitrogens with zero attached hydrogens (tertiary/aromatic N) is 5. The molecule has 0 saturated heterocycles. The second-order valence-electron chi connectivity index (χ2n) is 5.82. The highest BCUT2D eigenvalue weighted by molar-refractivity contribution is 7.99. The molecule has 26 heavy (non-hydrogen) atoms. The lowest BCUT2D eigenvalue weighted by Crippen LogP contribution is -2.11. The third-order valence-corrected chi connectivity index (χ3v) is 4.77. The second kappa shape index (κ2) is 7.95. The van der Waals surface area contributed by atoms with Crippen molar-refractivity contribution in [2.45, 2.75) is 16.3 Å². The van der Waals surface area contributed by atoms with Gasteiger partial charge in [-0.15, -0.1) is 5.10 Å². The van der Waals surface area contributed by atoms with E-state index >= 15 is 0 Å². The Labute approximate surface area is 156 Å². The zero-order valence-corrected chi connectivity index (χ0v) is 15.4. The van der Waals surface area contributed by atoms with Crippen LogP contribution in [-0.2, 0) is 6.54 Å². The zero-order chi connectivity index (χ0) is 18.5. The van der Waals surface area contributed by atoms with Crippen molar-refractivity contribution in [1.29, 1.82) is 5.26 Å². The molecular formula is C19H18N6S. The van der Waals surface area contributed by atoms with E-state index in [0.29, 0.717) is 12.1 Å². The molecule has 130 valence electrons.